The van der Waals surface area contributed by atoms with E-state index in [1.165, 1.54) is 0 Å². The molecule has 11 heteroatoms. The standard InChI is InChI=1S/C20H33N5O6/c1-28-12-16-9-18(14-30-3)24(21-16)7-5-23(11-20(26)27)6-8-25-19(15-31-4)10-17(22-25)13-29-2/h9-10H,5-8,11-15H2,1-4H3,(H,26,27). The van der Waals surface area contributed by atoms with Crippen molar-refractivity contribution in [2.45, 2.75) is 39.5 Å². The molecule has 0 fully saturated rings. The lowest BCUT2D eigenvalue weighted by Gasteiger charge is -2.21. The maximum atomic E-state index is 11.4. The van der Waals surface area contributed by atoms with Crippen LogP contribution >= 0.6 is 0 Å². The number of hydrogen-bond acceptors (Lipinski definition) is 8. The molecule has 0 aromatic carbocycles. The lowest BCUT2D eigenvalue weighted by atomic mass is 10.3. The maximum absolute atomic E-state index is 11.4. The fraction of sp³-hybridized carbons (Fsp3) is 0.650. The Balaban J connectivity index is 2.05. The van der Waals surface area contributed by atoms with E-state index in [1.807, 2.05) is 26.4 Å². The van der Waals surface area contributed by atoms with E-state index in [9.17, 15) is 9.90 Å². The van der Waals surface area contributed by atoms with Crippen LogP contribution in [0.1, 0.15) is 22.8 Å². The number of carboxylic acid groups (broad SMARTS) is 1. The molecule has 0 aliphatic heterocycles. The average molecular weight is 440 g/mol. The van der Waals surface area contributed by atoms with Gasteiger partial charge in [-0.05, 0) is 12.1 Å². The monoisotopic (exact) mass is 439 g/mol. The molecule has 2 heterocycles. The molecule has 11 nitrogen and oxygen atoms in total. The third kappa shape index (κ3) is 8.04. The summed E-state index contributed by atoms with van der Waals surface area (Å²) < 4.78 is 24.5. The van der Waals surface area contributed by atoms with Crippen LogP contribution in [0.2, 0.25) is 0 Å². The Kier molecular flexibility index (Phi) is 10.6. The molecule has 31 heavy (non-hydrogen) atoms. The van der Waals surface area contributed by atoms with E-state index in [4.69, 9.17) is 18.9 Å². The minimum absolute atomic E-state index is 0.0718. The number of aromatic nitrogens is 4. The predicted molar refractivity (Wildman–Crippen MR) is 111 cm³/mol. The number of ether oxygens (including phenoxy) is 4. The minimum Gasteiger partial charge on any atom is -0.480 e. The molecule has 0 radical (unpaired) electrons. The van der Waals surface area contributed by atoms with Crippen LogP contribution in [0.15, 0.2) is 12.1 Å². The highest BCUT2D eigenvalue weighted by Gasteiger charge is 2.15. The van der Waals surface area contributed by atoms with Crippen molar-refractivity contribution >= 4 is 5.97 Å². The van der Waals surface area contributed by atoms with Gasteiger partial charge >= 0.3 is 5.97 Å². The molecule has 0 spiro atoms. The van der Waals surface area contributed by atoms with Crippen molar-refractivity contribution in [3.8, 4) is 0 Å². The van der Waals surface area contributed by atoms with E-state index in [2.05, 4.69) is 10.2 Å². The molecule has 0 saturated heterocycles. The first-order valence-corrected chi connectivity index (χ1v) is 10.0. The smallest absolute Gasteiger partial charge is 0.317 e. The van der Waals surface area contributed by atoms with Gasteiger partial charge in [0, 0.05) is 41.5 Å². The zero-order valence-corrected chi connectivity index (χ0v) is 18.7. The van der Waals surface area contributed by atoms with Crippen molar-refractivity contribution in [1.82, 2.24) is 24.5 Å². The Morgan fingerprint density at radius 1 is 0.839 bits per heavy atom. The molecule has 0 amide bonds. The second-order valence-corrected chi connectivity index (χ2v) is 7.10. The van der Waals surface area contributed by atoms with Crippen LogP contribution in [0.25, 0.3) is 0 Å². The first kappa shape index (κ1) is 25.0. The summed E-state index contributed by atoms with van der Waals surface area (Å²) in [4.78, 5) is 13.3. The number of nitrogens with zero attached hydrogens (tertiary/aromatic N) is 5. The first-order chi connectivity index (χ1) is 15.0. The molecule has 0 aliphatic carbocycles. The average Bonchev–Trinajstić information content (AvgIpc) is 3.28. The molecule has 2 aromatic rings. The third-order valence-electron chi connectivity index (χ3n) is 4.61. The molecule has 0 atom stereocenters. The van der Waals surface area contributed by atoms with Gasteiger partial charge in [-0.3, -0.25) is 19.1 Å². The predicted octanol–water partition coefficient (Wildman–Crippen LogP) is 0.752. The molecule has 0 saturated carbocycles. The second-order valence-electron chi connectivity index (χ2n) is 7.10. The van der Waals surface area contributed by atoms with Gasteiger partial charge < -0.3 is 24.1 Å². The number of carboxylic acids is 1. The topological polar surface area (TPSA) is 113 Å². The summed E-state index contributed by atoms with van der Waals surface area (Å²) in [7, 11) is 6.50. The van der Waals surface area contributed by atoms with Crippen molar-refractivity contribution in [3.63, 3.8) is 0 Å². The van der Waals surface area contributed by atoms with Crippen molar-refractivity contribution in [3.05, 3.63) is 34.9 Å². The van der Waals surface area contributed by atoms with E-state index in [0.29, 0.717) is 52.6 Å². The minimum atomic E-state index is -0.879. The Labute approximate surface area is 182 Å². The zero-order chi connectivity index (χ0) is 22.6. The molecular formula is C20H33N5O6. The number of aliphatic carboxylic acids is 1. The van der Waals surface area contributed by atoms with E-state index < -0.39 is 5.97 Å². The summed E-state index contributed by atoms with van der Waals surface area (Å²) in [5.74, 6) is -0.879. The van der Waals surface area contributed by atoms with Gasteiger partial charge in [-0.1, -0.05) is 0 Å². The number of rotatable bonds is 16. The molecule has 2 aromatic heterocycles. The molecular weight excluding hydrogens is 406 g/mol. The molecule has 0 unspecified atom stereocenters. The molecule has 0 aliphatic rings. The summed E-state index contributed by atoms with van der Waals surface area (Å²) in [6.07, 6.45) is 0. The van der Waals surface area contributed by atoms with Crippen molar-refractivity contribution in [1.29, 1.82) is 0 Å². The number of methoxy groups -OCH3 is 4. The Bertz CT molecular complexity index is 748. The van der Waals surface area contributed by atoms with E-state index in [-0.39, 0.29) is 6.54 Å². The molecule has 174 valence electrons. The van der Waals surface area contributed by atoms with Gasteiger partial charge in [0.15, 0.2) is 0 Å². The zero-order valence-electron chi connectivity index (χ0n) is 18.7. The molecule has 2 rings (SSSR count). The second kappa shape index (κ2) is 13.2. The van der Waals surface area contributed by atoms with Crippen molar-refractivity contribution in [2.75, 3.05) is 48.1 Å². The normalized spacial score (nSPS) is 11.5. The fourth-order valence-electron chi connectivity index (χ4n) is 3.32. The summed E-state index contributed by atoms with van der Waals surface area (Å²) in [5.41, 5.74) is 3.46. The van der Waals surface area contributed by atoms with Crippen LogP contribution < -0.4 is 0 Å². The van der Waals surface area contributed by atoms with Gasteiger partial charge in [-0.25, -0.2) is 0 Å². The van der Waals surface area contributed by atoms with Gasteiger partial charge in [0.1, 0.15) is 0 Å². The van der Waals surface area contributed by atoms with Gasteiger partial charge in [0.2, 0.25) is 0 Å². The highest BCUT2D eigenvalue weighted by atomic mass is 16.5. The summed E-state index contributed by atoms with van der Waals surface area (Å²) >= 11 is 0. The van der Waals surface area contributed by atoms with E-state index >= 15 is 0 Å². The SMILES string of the molecule is COCc1cc(COC)n(CCN(CCn2nc(COC)cc2COC)CC(=O)O)n1. The molecule has 0 bridgehead atoms. The van der Waals surface area contributed by atoms with Crippen LogP contribution in [-0.2, 0) is 63.3 Å². The third-order valence-corrected chi connectivity index (χ3v) is 4.61. The van der Waals surface area contributed by atoms with Gasteiger partial charge in [-0.2, -0.15) is 10.2 Å². The van der Waals surface area contributed by atoms with Crippen LogP contribution in [0.4, 0.5) is 0 Å². The van der Waals surface area contributed by atoms with E-state index in [0.717, 1.165) is 22.8 Å². The lowest BCUT2D eigenvalue weighted by Crippen LogP contribution is -2.36. The lowest BCUT2D eigenvalue weighted by molar-refractivity contribution is -0.138. The highest BCUT2D eigenvalue weighted by Crippen LogP contribution is 2.10. The van der Waals surface area contributed by atoms with E-state index in [1.54, 1.807) is 28.4 Å². The van der Waals surface area contributed by atoms with Crippen molar-refractivity contribution in [2.24, 2.45) is 0 Å². The van der Waals surface area contributed by atoms with Crippen LogP contribution in [-0.4, -0.2) is 83.6 Å². The first-order valence-electron chi connectivity index (χ1n) is 10.0. The Morgan fingerprint density at radius 2 is 1.26 bits per heavy atom. The van der Waals surface area contributed by atoms with Crippen molar-refractivity contribution < 1.29 is 28.8 Å². The molecule has 1 N–H and O–H groups in total. The number of hydrogen-bond donors (Lipinski definition) is 1. The van der Waals surface area contributed by atoms with Gasteiger partial charge in [-0.15, -0.1) is 0 Å². The Hall–Kier alpha value is -2.31. The van der Waals surface area contributed by atoms with Crippen LogP contribution in [0.5, 0.6) is 0 Å². The summed E-state index contributed by atoms with van der Waals surface area (Å²) in [5, 5.41) is 18.4. The van der Waals surface area contributed by atoms with Crippen LogP contribution in [0, 0.1) is 0 Å². The quantitative estimate of drug-likeness (QED) is 0.405. The summed E-state index contributed by atoms with van der Waals surface area (Å²) in [6, 6.07) is 3.87. The summed E-state index contributed by atoms with van der Waals surface area (Å²) in [6.45, 7) is 3.70. The maximum Gasteiger partial charge on any atom is 0.317 e. The van der Waals surface area contributed by atoms with Gasteiger partial charge in [0.25, 0.3) is 0 Å². The van der Waals surface area contributed by atoms with Gasteiger partial charge in [0.05, 0.1) is 68.8 Å². The number of carbonyl (C=O) groups is 1. The fourth-order valence-corrected chi connectivity index (χ4v) is 3.32. The Morgan fingerprint density at radius 3 is 1.61 bits per heavy atom. The largest absolute Gasteiger partial charge is 0.480 e. The van der Waals surface area contributed by atoms with Crippen LogP contribution in [0.3, 0.4) is 0 Å². The highest BCUT2D eigenvalue weighted by molar-refractivity contribution is 5.69.